The van der Waals surface area contributed by atoms with Crippen LogP contribution >= 0.6 is 0 Å². The normalized spacial score (nSPS) is 12.6. The van der Waals surface area contributed by atoms with E-state index < -0.39 is 18.2 Å². The highest BCUT2D eigenvalue weighted by Crippen LogP contribution is 2.15. The third-order valence-electron chi connectivity index (χ3n) is 4.26. The molecule has 0 amide bonds. The minimum absolute atomic E-state index is 0.0140. The Morgan fingerprint density at radius 2 is 1.15 bits per heavy atom. The lowest BCUT2D eigenvalue weighted by Crippen LogP contribution is -2.47. The van der Waals surface area contributed by atoms with Gasteiger partial charge in [-0.25, -0.2) is 0 Å². The molecule has 0 aliphatic rings. The van der Waals surface area contributed by atoms with E-state index in [2.05, 4.69) is 0 Å². The first-order valence-corrected chi connectivity index (χ1v) is 9.57. The van der Waals surface area contributed by atoms with Gasteiger partial charge in [-0.3, -0.25) is 18.9 Å². The van der Waals surface area contributed by atoms with Crippen LogP contribution in [0.5, 0.6) is 0 Å². The number of carboxylic acid groups (broad SMARTS) is 2. The predicted molar refractivity (Wildman–Crippen MR) is 98.6 cm³/mol. The van der Waals surface area contributed by atoms with Crippen molar-refractivity contribution in [2.75, 3.05) is 21.1 Å². The zero-order valence-corrected chi connectivity index (χ0v) is 16.5. The van der Waals surface area contributed by atoms with Gasteiger partial charge in [0.05, 0.1) is 27.6 Å². The SMILES string of the molecule is C[N+](C)(C)[C@H](CCC(=O)O)OC(=O)CCCCCCCCCCC(=O)O. The van der Waals surface area contributed by atoms with E-state index in [1.54, 1.807) is 0 Å². The summed E-state index contributed by atoms with van der Waals surface area (Å²) < 4.78 is 5.87. The van der Waals surface area contributed by atoms with Crippen molar-refractivity contribution in [3.8, 4) is 0 Å². The quantitative estimate of drug-likeness (QED) is 0.186. The molecule has 0 unspecified atom stereocenters. The van der Waals surface area contributed by atoms with Gasteiger partial charge in [-0.15, -0.1) is 0 Å². The number of rotatable bonds is 16. The number of unbranched alkanes of at least 4 members (excludes halogenated alkanes) is 7. The molecule has 0 saturated carbocycles. The fourth-order valence-electron chi connectivity index (χ4n) is 2.67. The van der Waals surface area contributed by atoms with Crippen LogP contribution in [0.2, 0.25) is 0 Å². The molecule has 0 fully saturated rings. The average Bonchev–Trinajstić information content (AvgIpc) is 2.51. The summed E-state index contributed by atoms with van der Waals surface area (Å²) in [6.07, 6.45) is 8.24. The van der Waals surface area contributed by atoms with E-state index in [1.165, 1.54) is 0 Å². The molecule has 0 aliphatic heterocycles. The first kappa shape index (κ1) is 24.4. The maximum Gasteiger partial charge on any atom is 0.310 e. The number of aliphatic carboxylic acids is 2. The van der Waals surface area contributed by atoms with Crippen molar-refractivity contribution in [3.63, 3.8) is 0 Å². The molecule has 0 aromatic carbocycles. The molecule has 7 nitrogen and oxygen atoms in total. The van der Waals surface area contributed by atoms with Crippen molar-refractivity contribution in [2.24, 2.45) is 0 Å². The number of hydrogen-bond acceptors (Lipinski definition) is 4. The van der Waals surface area contributed by atoms with Crippen LogP contribution in [0.4, 0.5) is 0 Å². The Morgan fingerprint density at radius 1 is 0.731 bits per heavy atom. The molecule has 0 heterocycles. The molecule has 0 aliphatic carbocycles. The minimum atomic E-state index is -0.887. The summed E-state index contributed by atoms with van der Waals surface area (Å²) in [5.41, 5.74) is 0. The molecule has 0 aromatic rings. The van der Waals surface area contributed by atoms with Gasteiger partial charge in [0.2, 0.25) is 6.23 Å². The van der Waals surface area contributed by atoms with E-state index in [9.17, 15) is 14.4 Å². The number of carboxylic acids is 2. The van der Waals surface area contributed by atoms with E-state index in [0.717, 1.165) is 51.4 Å². The second-order valence-electron chi connectivity index (χ2n) is 7.72. The summed E-state index contributed by atoms with van der Waals surface area (Å²) in [6, 6.07) is 0. The topological polar surface area (TPSA) is 101 Å². The molecule has 0 saturated heterocycles. The molecule has 7 heteroatoms. The third kappa shape index (κ3) is 14.7. The molecule has 0 radical (unpaired) electrons. The summed E-state index contributed by atoms with van der Waals surface area (Å²) >= 11 is 0. The van der Waals surface area contributed by atoms with E-state index in [4.69, 9.17) is 14.9 Å². The Morgan fingerprint density at radius 3 is 1.58 bits per heavy atom. The zero-order valence-electron chi connectivity index (χ0n) is 16.5. The maximum atomic E-state index is 12.0. The molecule has 0 aromatic heterocycles. The molecule has 0 rings (SSSR count). The zero-order chi connectivity index (χ0) is 20.0. The molecule has 0 spiro atoms. The lowest BCUT2D eigenvalue weighted by molar-refractivity contribution is -0.917. The second kappa shape index (κ2) is 13.6. The van der Waals surface area contributed by atoms with E-state index in [-0.39, 0.29) is 18.8 Å². The van der Waals surface area contributed by atoms with Crippen LogP contribution in [-0.2, 0) is 19.1 Å². The monoisotopic (exact) mass is 374 g/mol. The molecule has 0 bridgehead atoms. The Bertz CT molecular complexity index is 430. The van der Waals surface area contributed by atoms with E-state index in [0.29, 0.717) is 17.3 Å². The van der Waals surface area contributed by atoms with Gasteiger partial charge in [0, 0.05) is 19.3 Å². The van der Waals surface area contributed by atoms with Crippen LogP contribution in [0, 0.1) is 0 Å². The van der Waals surface area contributed by atoms with Crippen molar-refractivity contribution in [3.05, 3.63) is 0 Å². The highest BCUT2D eigenvalue weighted by Gasteiger charge is 2.28. The largest absolute Gasteiger partial charge is 0.481 e. The number of quaternary nitrogens is 1. The molecule has 152 valence electrons. The Labute approximate surface area is 156 Å². The maximum absolute atomic E-state index is 12.0. The van der Waals surface area contributed by atoms with Crippen LogP contribution in [0.1, 0.15) is 77.0 Å². The Kier molecular flexibility index (Phi) is 12.7. The van der Waals surface area contributed by atoms with Gasteiger partial charge < -0.3 is 14.9 Å². The number of ether oxygens (including phenoxy) is 1. The highest BCUT2D eigenvalue weighted by atomic mass is 16.6. The lowest BCUT2D eigenvalue weighted by atomic mass is 10.1. The van der Waals surface area contributed by atoms with Crippen LogP contribution in [0.3, 0.4) is 0 Å². The van der Waals surface area contributed by atoms with Crippen LogP contribution < -0.4 is 0 Å². The van der Waals surface area contributed by atoms with Gasteiger partial charge in [0.15, 0.2) is 0 Å². The van der Waals surface area contributed by atoms with Gasteiger partial charge in [-0.05, 0) is 12.8 Å². The number of hydrogen-bond donors (Lipinski definition) is 2. The van der Waals surface area contributed by atoms with Gasteiger partial charge >= 0.3 is 17.9 Å². The van der Waals surface area contributed by atoms with E-state index in [1.807, 2.05) is 21.1 Å². The van der Waals surface area contributed by atoms with E-state index >= 15 is 0 Å². The van der Waals surface area contributed by atoms with Gasteiger partial charge in [0.25, 0.3) is 0 Å². The average molecular weight is 374 g/mol. The minimum Gasteiger partial charge on any atom is -0.481 e. The highest BCUT2D eigenvalue weighted by molar-refractivity contribution is 5.69. The van der Waals surface area contributed by atoms with Gasteiger partial charge in [0.1, 0.15) is 0 Å². The summed E-state index contributed by atoms with van der Waals surface area (Å²) in [5, 5.41) is 17.4. The van der Waals surface area contributed by atoms with Crippen LogP contribution in [0.15, 0.2) is 0 Å². The smallest absolute Gasteiger partial charge is 0.310 e. The van der Waals surface area contributed by atoms with Crippen molar-refractivity contribution in [2.45, 2.75) is 83.3 Å². The van der Waals surface area contributed by atoms with Crippen molar-refractivity contribution in [1.82, 2.24) is 0 Å². The number of carbonyl (C=O) groups excluding carboxylic acids is 1. The molecule has 26 heavy (non-hydrogen) atoms. The van der Waals surface area contributed by atoms with Gasteiger partial charge in [-0.1, -0.05) is 38.5 Å². The number of esters is 1. The fraction of sp³-hybridized carbons (Fsp3) is 0.842. The van der Waals surface area contributed by atoms with Crippen LogP contribution in [-0.4, -0.2) is 60.0 Å². The second-order valence-corrected chi connectivity index (χ2v) is 7.72. The predicted octanol–water partition coefficient (Wildman–Crippen LogP) is 3.41. The molecular weight excluding hydrogens is 338 g/mol. The van der Waals surface area contributed by atoms with Crippen molar-refractivity contribution < 1.29 is 33.8 Å². The van der Waals surface area contributed by atoms with Crippen LogP contribution in [0.25, 0.3) is 0 Å². The van der Waals surface area contributed by atoms with Crippen molar-refractivity contribution >= 4 is 17.9 Å². The lowest BCUT2D eigenvalue weighted by Gasteiger charge is -2.32. The molecule has 1 atom stereocenters. The Balaban J connectivity index is 3.76. The van der Waals surface area contributed by atoms with Gasteiger partial charge in [-0.2, -0.15) is 0 Å². The summed E-state index contributed by atoms with van der Waals surface area (Å²) in [7, 11) is 5.66. The summed E-state index contributed by atoms with van der Waals surface area (Å²) in [5.74, 6) is -1.88. The first-order valence-electron chi connectivity index (χ1n) is 9.57. The van der Waals surface area contributed by atoms with Crippen molar-refractivity contribution in [1.29, 1.82) is 0 Å². The first-order chi connectivity index (χ1) is 12.1. The summed E-state index contributed by atoms with van der Waals surface area (Å²) in [4.78, 5) is 33.1. The molecule has 2 N–H and O–H groups in total. The molecular formula is C19H36NO6+. The Hall–Kier alpha value is -1.63. The third-order valence-corrected chi connectivity index (χ3v) is 4.26. The number of nitrogens with zero attached hydrogens (tertiary/aromatic N) is 1. The fourth-order valence-corrected chi connectivity index (χ4v) is 2.67. The number of carbonyl (C=O) groups is 3. The summed E-state index contributed by atoms with van der Waals surface area (Å²) in [6.45, 7) is 0. The standard InChI is InChI=1S/C19H35NO6/c1-20(2,3)16(14-15-18(23)24)26-19(25)13-11-9-7-5-4-6-8-10-12-17(21)22/h16H,4-15H2,1-3H3,(H-,21,22,23,24)/p+1/t16-/m0/s1.